The first-order valence-electron chi connectivity index (χ1n) is 33.1. The van der Waals surface area contributed by atoms with E-state index in [2.05, 4.69) is 54.8 Å². The zero-order chi connectivity index (χ0) is 68.5. The van der Waals surface area contributed by atoms with Crippen molar-refractivity contribution in [3.63, 3.8) is 0 Å². The summed E-state index contributed by atoms with van der Waals surface area (Å²) >= 11 is 2.12. The first-order valence-corrected chi connectivity index (χ1v) is 35.4. The molecule has 2 fully saturated rings. The van der Waals surface area contributed by atoms with Crippen molar-refractivity contribution in [2.24, 2.45) is 23.3 Å². The Morgan fingerprint density at radius 2 is 1.30 bits per heavy atom. The molecular formula is C64H106N12O15S2. The number of phenolic OH excluding ortho intramolecular Hbond substituents is 1. The number of ether oxygens (including phenoxy) is 2. The van der Waals surface area contributed by atoms with Crippen LogP contribution in [-0.2, 0) is 73.4 Å². The van der Waals surface area contributed by atoms with E-state index in [1.54, 1.807) is 26.0 Å². The lowest BCUT2D eigenvalue weighted by molar-refractivity contribution is -0.142. The van der Waals surface area contributed by atoms with E-state index in [0.717, 1.165) is 31.0 Å². The Kier molecular flexibility index (Phi) is 40.2. The van der Waals surface area contributed by atoms with Crippen molar-refractivity contribution in [2.75, 3.05) is 75.6 Å². The highest BCUT2D eigenvalue weighted by Gasteiger charge is 2.41. The lowest BCUT2D eigenvalue weighted by atomic mass is 9.96. The van der Waals surface area contributed by atoms with Crippen LogP contribution in [0.1, 0.15) is 162 Å². The van der Waals surface area contributed by atoms with Gasteiger partial charge in [-0.1, -0.05) is 117 Å². The minimum absolute atomic E-state index is 0.00231. The molecular weight excluding hydrogens is 1240 g/mol. The number of rotatable bonds is 39. The van der Waals surface area contributed by atoms with Gasteiger partial charge in [0.25, 0.3) is 0 Å². The number of hydrogen-bond donors (Lipinski definition) is 12. The van der Waals surface area contributed by atoms with Crippen molar-refractivity contribution < 1.29 is 72.1 Å². The number of hydrogen-bond acceptors (Lipinski definition) is 17. The molecule has 2 aliphatic heterocycles. The molecule has 2 saturated heterocycles. The zero-order valence-electron chi connectivity index (χ0n) is 55.2. The maximum Gasteiger partial charge on any atom is 0.246 e. The van der Waals surface area contributed by atoms with Gasteiger partial charge in [0.15, 0.2) is 0 Å². The molecule has 12 amide bonds. The van der Waals surface area contributed by atoms with Gasteiger partial charge in [-0.25, -0.2) is 0 Å². The molecule has 27 nitrogen and oxygen atoms in total. The van der Waals surface area contributed by atoms with Crippen LogP contribution in [0.25, 0.3) is 0 Å². The number of carbonyl (C=O) groups excluding carboxylic acids is 12. The van der Waals surface area contributed by atoms with Gasteiger partial charge in [0.05, 0.1) is 45.1 Å². The number of nitrogens with one attached hydrogen (secondary N) is 9. The van der Waals surface area contributed by atoms with Gasteiger partial charge in [-0.3, -0.25) is 57.5 Å². The highest BCUT2D eigenvalue weighted by atomic mass is 32.2. The summed E-state index contributed by atoms with van der Waals surface area (Å²) in [6.07, 6.45) is 14.2. The van der Waals surface area contributed by atoms with Crippen molar-refractivity contribution >= 4 is 94.4 Å². The molecule has 0 aromatic heterocycles. The van der Waals surface area contributed by atoms with E-state index >= 15 is 0 Å². The Balaban J connectivity index is 1.76. The topological polar surface area (TPSA) is 407 Å². The third-order valence-corrected chi connectivity index (χ3v) is 17.9. The molecule has 524 valence electrons. The molecule has 3 rings (SSSR count). The maximum absolute atomic E-state index is 14.7. The van der Waals surface area contributed by atoms with Crippen LogP contribution in [0.4, 0.5) is 0 Å². The number of primary amides is 2. The number of benzene rings is 1. The number of aromatic hydroxyl groups is 1. The summed E-state index contributed by atoms with van der Waals surface area (Å²) in [6, 6.07) is -3.42. The molecule has 0 aliphatic carbocycles. The van der Waals surface area contributed by atoms with E-state index in [4.69, 9.17) is 20.9 Å². The first kappa shape index (κ1) is 80.5. The second-order valence-corrected chi connectivity index (χ2v) is 26.4. The number of likely N-dealkylation sites (tertiary alicyclic amines) is 1. The van der Waals surface area contributed by atoms with Gasteiger partial charge in [0.2, 0.25) is 70.9 Å². The summed E-state index contributed by atoms with van der Waals surface area (Å²) in [7, 11) is 0. The van der Waals surface area contributed by atoms with Gasteiger partial charge in [-0.2, -0.15) is 11.8 Å². The van der Waals surface area contributed by atoms with Gasteiger partial charge in [0, 0.05) is 50.4 Å². The molecule has 0 bridgehead atoms. The van der Waals surface area contributed by atoms with Crippen molar-refractivity contribution in [3.8, 4) is 5.75 Å². The number of amides is 12. The summed E-state index contributed by atoms with van der Waals surface area (Å²) in [6.45, 7) is 10.4. The summed E-state index contributed by atoms with van der Waals surface area (Å²) in [5, 5.41) is 34.1. The minimum atomic E-state index is -1.74. The van der Waals surface area contributed by atoms with Gasteiger partial charge in [-0.15, -0.1) is 11.8 Å². The fourth-order valence-corrected chi connectivity index (χ4v) is 12.2. The largest absolute Gasteiger partial charge is 0.508 e. The second-order valence-electron chi connectivity index (χ2n) is 24.2. The van der Waals surface area contributed by atoms with E-state index in [1.807, 2.05) is 13.8 Å². The molecule has 2 heterocycles. The zero-order valence-corrected chi connectivity index (χ0v) is 56.8. The number of nitrogens with zero attached hydrogens (tertiary/aromatic N) is 1. The Hall–Kier alpha value is -6.72. The highest BCUT2D eigenvalue weighted by molar-refractivity contribution is 8.00. The Bertz CT molecular complexity index is 2530. The summed E-state index contributed by atoms with van der Waals surface area (Å²) < 4.78 is 11.2. The maximum atomic E-state index is 14.7. The number of thioether (sulfide) groups is 2. The van der Waals surface area contributed by atoms with Crippen molar-refractivity contribution in [1.29, 1.82) is 0 Å². The number of nitrogens with two attached hydrogens (primary N) is 2. The Morgan fingerprint density at radius 3 is 1.91 bits per heavy atom. The van der Waals surface area contributed by atoms with Crippen LogP contribution < -0.4 is 59.3 Å². The minimum Gasteiger partial charge on any atom is -0.508 e. The van der Waals surface area contributed by atoms with Crippen molar-refractivity contribution in [3.05, 3.63) is 29.8 Å². The van der Waals surface area contributed by atoms with Crippen LogP contribution in [0.5, 0.6) is 5.75 Å². The molecule has 0 radical (unpaired) electrons. The van der Waals surface area contributed by atoms with Gasteiger partial charge < -0.3 is 78.8 Å². The van der Waals surface area contributed by atoms with E-state index in [9.17, 15) is 62.6 Å². The average molecular weight is 1350 g/mol. The van der Waals surface area contributed by atoms with E-state index in [0.29, 0.717) is 38.0 Å². The van der Waals surface area contributed by atoms with Crippen LogP contribution in [0.15, 0.2) is 24.3 Å². The summed E-state index contributed by atoms with van der Waals surface area (Å²) in [5.41, 5.74) is 11.5. The standard InChI is InChI=1S/C64H106N12O15S2/c1-6-8-9-10-11-12-13-14-15-16-17-21-54(80)67-27-30-90-32-33-91-31-28-68-56(82)41-93-39-49-61(86)71-48(37-52(65)78)59(84)74-50(64(89)76-29-18-20-51(76)62(87)72-46(35-42(3)4)58(83)69-38-53(66)79)40-92-34-19-22-55(81)70-47(36-44-23-25-45(77)26-24-44)60(85)75-57(43(5)7-2)63(88)73-49/h23-26,42-43,46-51,57,77H,6-22,27-41H2,1-5H3,(H2,65,78)(H2,66,79)(H,67,80)(H,68,82)(H,69,83)(H,70,81)(H,71,86)(H,72,87)(H,73,88)(H,74,84)(H,75,85)/t43-,46-,47-,48-,49-,50-,51-,57-/m0/s1. The molecule has 29 heteroatoms. The quantitative estimate of drug-likeness (QED) is 0.0417. The van der Waals surface area contributed by atoms with E-state index in [1.165, 1.54) is 80.2 Å². The van der Waals surface area contributed by atoms with Gasteiger partial charge in [-0.05, 0) is 67.4 Å². The number of phenols is 1. The third-order valence-electron chi connectivity index (χ3n) is 15.7. The number of unbranched alkanes of at least 4 members (excludes halogenated alkanes) is 10. The predicted octanol–water partition coefficient (Wildman–Crippen LogP) is 1.63. The molecule has 1 aromatic carbocycles. The van der Waals surface area contributed by atoms with Crippen molar-refractivity contribution in [1.82, 2.24) is 52.8 Å². The molecule has 93 heavy (non-hydrogen) atoms. The smallest absolute Gasteiger partial charge is 0.246 e. The van der Waals surface area contributed by atoms with Gasteiger partial charge >= 0.3 is 0 Å². The highest BCUT2D eigenvalue weighted by Crippen LogP contribution is 2.22. The van der Waals surface area contributed by atoms with E-state index < -0.39 is 126 Å². The van der Waals surface area contributed by atoms with Crippen LogP contribution in [0.3, 0.4) is 0 Å². The fraction of sp³-hybridized carbons (Fsp3) is 0.719. The fourth-order valence-electron chi connectivity index (χ4n) is 10.4. The van der Waals surface area contributed by atoms with E-state index in [-0.39, 0.29) is 106 Å². The van der Waals surface area contributed by atoms with Crippen LogP contribution in [-0.4, -0.2) is 199 Å². The van der Waals surface area contributed by atoms with Gasteiger partial charge in [0.1, 0.15) is 48.0 Å². The Labute approximate surface area is 556 Å². The lowest BCUT2D eigenvalue weighted by Crippen LogP contribution is -2.61. The monoisotopic (exact) mass is 1350 g/mol. The van der Waals surface area contributed by atoms with Crippen molar-refractivity contribution in [2.45, 2.75) is 205 Å². The summed E-state index contributed by atoms with van der Waals surface area (Å²) in [5.74, 6) is -9.51. The number of carbonyl (C=O) groups is 12. The average Bonchev–Trinajstić information content (AvgIpc) is 1.87. The lowest BCUT2D eigenvalue weighted by Gasteiger charge is -2.31. The molecule has 2 aliphatic rings. The summed E-state index contributed by atoms with van der Waals surface area (Å²) in [4.78, 5) is 164. The molecule has 8 atom stereocenters. The predicted molar refractivity (Wildman–Crippen MR) is 356 cm³/mol. The second kappa shape index (κ2) is 46.4. The van der Waals surface area contributed by atoms with Crippen LogP contribution >= 0.6 is 23.5 Å². The molecule has 1 aromatic rings. The molecule has 0 saturated carbocycles. The van der Waals surface area contributed by atoms with Crippen LogP contribution in [0.2, 0.25) is 0 Å². The van der Waals surface area contributed by atoms with Crippen LogP contribution in [0, 0.1) is 11.8 Å². The Morgan fingerprint density at radius 1 is 0.699 bits per heavy atom. The normalized spacial score (nSPS) is 20.2. The SMILES string of the molecule is CCCCCCCCCCCCCC(=O)NCCOCCOCCNC(=O)CSC[C@@H]1NC(=O)[C@H]([C@@H](C)CC)NC(=O)[C@H](Cc2ccc(O)cc2)NC(=O)CCCSC[C@@H](C(=O)N2CCC[C@H]2C(=O)N[C@@H](CC(C)C)C(=O)NCC(N)=O)NC(=O)[C@H](CC(N)=O)NC1=O. The third kappa shape index (κ3) is 33.8. The molecule has 0 unspecified atom stereocenters. The molecule has 14 N–H and O–H groups in total. The molecule has 0 spiro atoms. The first-order chi connectivity index (χ1) is 44.5.